The number of aromatic nitrogens is 3. The molecule has 0 unspecified atom stereocenters. The molecule has 0 saturated carbocycles. The summed E-state index contributed by atoms with van der Waals surface area (Å²) in [7, 11) is 0. The van der Waals surface area contributed by atoms with Crippen LogP contribution in [0.5, 0.6) is 5.75 Å². The molecule has 1 fully saturated rings. The molecule has 4 heterocycles. The van der Waals surface area contributed by atoms with E-state index in [1.807, 2.05) is 24.8 Å². The van der Waals surface area contributed by atoms with Gasteiger partial charge in [-0.05, 0) is 54.9 Å². The van der Waals surface area contributed by atoms with E-state index >= 15 is 0 Å². The number of hydrogen-bond donors (Lipinski definition) is 3. The highest BCUT2D eigenvalue weighted by molar-refractivity contribution is 5.91. The Hall–Kier alpha value is -4.03. The average molecular weight is 606 g/mol. The smallest absolute Gasteiger partial charge is 0.267 e. The molecule has 0 aliphatic carbocycles. The Morgan fingerprint density at radius 1 is 1.20 bits per heavy atom. The maximum Gasteiger partial charge on any atom is 0.267 e. The predicted molar refractivity (Wildman–Crippen MR) is 164 cm³/mol. The molecule has 236 valence electrons. The molecule has 44 heavy (non-hydrogen) atoms. The number of anilines is 1. The summed E-state index contributed by atoms with van der Waals surface area (Å²) >= 11 is 0. The molecule has 1 saturated heterocycles. The van der Waals surface area contributed by atoms with Crippen molar-refractivity contribution >= 4 is 17.6 Å². The normalized spacial score (nSPS) is 16.5. The van der Waals surface area contributed by atoms with Gasteiger partial charge in [0.05, 0.1) is 12.3 Å². The van der Waals surface area contributed by atoms with E-state index in [0.29, 0.717) is 62.5 Å². The number of nitrogens with two attached hydrogens (primary N) is 1. The van der Waals surface area contributed by atoms with E-state index in [1.165, 1.54) is 17.5 Å². The Balaban J connectivity index is 1.16. The zero-order valence-corrected chi connectivity index (χ0v) is 25.8. The SMILES string of the molecule is Cc1c(OCc2cnco2)ccc2c1CCN(C[C@@H](O)Cc1nc(NC3CCN(C(=O)CC(C)C)CC3)cc(C(N)=O)n1)C2. The molecule has 5 rings (SSSR count). The van der Waals surface area contributed by atoms with Crippen LogP contribution in [0.4, 0.5) is 5.82 Å². The molecule has 12 nitrogen and oxygen atoms in total. The minimum absolute atomic E-state index is 0.108. The van der Waals surface area contributed by atoms with Crippen molar-refractivity contribution in [1.29, 1.82) is 0 Å². The van der Waals surface area contributed by atoms with Gasteiger partial charge in [-0.1, -0.05) is 19.9 Å². The largest absolute Gasteiger partial charge is 0.485 e. The third-order valence-corrected chi connectivity index (χ3v) is 8.27. The Morgan fingerprint density at radius 2 is 2.00 bits per heavy atom. The molecule has 4 N–H and O–H groups in total. The molecule has 2 amide bonds. The summed E-state index contributed by atoms with van der Waals surface area (Å²) in [6.07, 6.45) is 5.46. The second kappa shape index (κ2) is 14.2. The highest BCUT2D eigenvalue weighted by Gasteiger charge is 2.25. The lowest BCUT2D eigenvalue weighted by Crippen LogP contribution is -2.42. The van der Waals surface area contributed by atoms with Gasteiger partial charge in [-0.15, -0.1) is 0 Å². The number of aliphatic hydroxyl groups is 1. The number of piperidine rings is 1. The third-order valence-electron chi connectivity index (χ3n) is 8.27. The second-order valence-electron chi connectivity index (χ2n) is 12.2. The van der Waals surface area contributed by atoms with Crippen molar-refractivity contribution in [1.82, 2.24) is 24.8 Å². The number of oxazole rings is 1. The maximum atomic E-state index is 12.4. The third kappa shape index (κ3) is 8.11. The molecule has 2 aliphatic rings. The van der Waals surface area contributed by atoms with Crippen molar-refractivity contribution in [2.75, 3.05) is 31.5 Å². The summed E-state index contributed by atoms with van der Waals surface area (Å²) < 4.78 is 11.2. The lowest BCUT2D eigenvalue weighted by Gasteiger charge is -2.33. The number of aliphatic hydroxyl groups excluding tert-OH is 1. The van der Waals surface area contributed by atoms with Gasteiger partial charge < -0.3 is 30.2 Å². The summed E-state index contributed by atoms with van der Waals surface area (Å²) in [4.78, 5) is 41.5. The topological polar surface area (TPSA) is 160 Å². The summed E-state index contributed by atoms with van der Waals surface area (Å²) in [5.74, 6) is 2.25. The molecular weight excluding hydrogens is 562 g/mol. The average Bonchev–Trinajstić information content (AvgIpc) is 3.50. The van der Waals surface area contributed by atoms with Crippen LogP contribution in [0.3, 0.4) is 0 Å². The van der Waals surface area contributed by atoms with E-state index in [-0.39, 0.29) is 24.1 Å². The molecule has 1 atom stereocenters. The molecule has 3 aromatic rings. The van der Waals surface area contributed by atoms with Gasteiger partial charge in [-0.2, -0.15) is 0 Å². The van der Waals surface area contributed by atoms with E-state index in [0.717, 1.165) is 37.1 Å². The van der Waals surface area contributed by atoms with Gasteiger partial charge in [0.2, 0.25) is 5.91 Å². The van der Waals surface area contributed by atoms with Crippen molar-refractivity contribution in [3.05, 3.63) is 64.8 Å². The van der Waals surface area contributed by atoms with Gasteiger partial charge in [0.15, 0.2) is 12.2 Å². The molecule has 2 aliphatic heterocycles. The van der Waals surface area contributed by atoms with Crippen molar-refractivity contribution in [3.8, 4) is 5.75 Å². The van der Waals surface area contributed by atoms with Crippen LogP contribution in [0.2, 0.25) is 0 Å². The van der Waals surface area contributed by atoms with Crippen LogP contribution in [0, 0.1) is 12.8 Å². The number of β-amino-alcohol motifs (C(OH)–C–C–N with tert-alkyl or cyclic N) is 1. The van der Waals surface area contributed by atoms with E-state index < -0.39 is 12.0 Å². The zero-order valence-electron chi connectivity index (χ0n) is 25.8. The molecule has 2 aromatic heterocycles. The first-order chi connectivity index (χ1) is 21.1. The Labute approximate surface area is 258 Å². The van der Waals surface area contributed by atoms with Crippen molar-refractivity contribution < 1.29 is 23.8 Å². The van der Waals surface area contributed by atoms with Crippen LogP contribution in [0.1, 0.15) is 71.9 Å². The highest BCUT2D eigenvalue weighted by Crippen LogP contribution is 2.30. The summed E-state index contributed by atoms with van der Waals surface area (Å²) in [6.45, 7) is 9.80. The van der Waals surface area contributed by atoms with Crippen LogP contribution in [0.15, 0.2) is 35.2 Å². The highest BCUT2D eigenvalue weighted by atomic mass is 16.5. The number of hydrogen-bond acceptors (Lipinski definition) is 10. The van der Waals surface area contributed by atoms with Gasteiger partial charge in [0, 0.05) is 57.7 Å². The number of ether oxygens (including phenoxy) is 1. The molecule has 0 spiro atoms. The van der Waals surface area contributed by atoms with Crippen LogP contribution < -0.4 is 15.8 Å². The monoisotopic (exact) mass is 605 g/mol. The zero-order chi connectivity index (χ0) is 31.2. The first-order valence-electron chi connectivity index (χ1n) is 15.4. The minimum Gasteiger partial charge on any atom is -0.485 e. The summed E-state index contributed by atoms with van der Waals surface area (Å²) in [5, 5.41) is 14.4. The number of primary amides is 1. The standard InChI is InChI=1S/C32H43N7O5/c1-20(2)12-31(41)39-10-6-23(7-11-39)35-30-14-27(32(33)42)36-29(37-30)13-24(40)17-38-9-8-26-21(3)28(5-4-22(26)16-38)43-18-25-15-34-19-44-25/h4-5,14-15,19-20,23-24,40H,6-13,16-18H2,1-3H3,(H2,33,42)(H,35,36,37)/t24-/m0/s1. The quantitative estimate of drug-likeness (QED) is 0.280. The predicted octanol–water partition coefficient (Wildman–Crippen LogP) is 2.86. The molecular formula is C32H43N7O5. The molecule has 0 radical (unpaired) electrons. The summed E-state index contributed by atoms with van der Waals surface area (Å²) in [6, 6.07) is 5.73. The fourth-order valence-corrected chi connectivity index (χ4v) is 5.97. The lowest BCUT2D eigenvalue weighted by molar-refractivity contribution is -0.132. The van der Waals surface area contributed by atoms with E-state index in [1.54, 1.807) is 12.3 Å². The first-order valence-corrected chi connectivity index (χ1v) is 15.4. The Morgan fingerprint density at radius 3 is 2.70 bits per heavy atom. The Kier molecular flexibility index (Phi) is 10.1. The van der Waals surface area contributed by atoms with Gasteiger partial charge in [-0.3, -0.25) is 14.5 Å². The lowest BCUT2D eigenvalue weighted by atomic mass is 9.94. The van der Waals surface area contributed by atoms with Crippen LogP contribution >= 0.6 is 0 Å². The van der Waals surface area contributed by atoms with Crippen molar-refractivity contribution in [2.24, 2.45) is 11.7 Å². The fourth-order valence-electron chi connectivity index (χ4n) is 5.97. The van der Waals surface area contributed by atoms with E-state index in [9.17, 15) is 14.7 Å². The van der Waals surface area contributed by atoms with E-state index in [4.69, 9.17) is 14.9 Å². The molecule has 1 aromatic carbocycles. The number of amides is 2. The number of carbonyl (C=O) groups excluding carboxylic acids is 2. The van der Waals surface area contributed by atoms with Crippen LogP contribution in [-0.4, -0.2) is 80.0 Å². The number of fused-ring (bicyclic) bond motifs is 1. The van der Waals surface area contributed by atoms with Crippen molar-refractivity contribution in [3.63, 3.8) is 0 Å². The van der Waals surface area contributed by atoms with Gasteiger partial charge >= 0.3 is 0 Å². The number of rotatable bonds is 12. The van der Waals surface area contributed by atoms with Crippen LogP contribution in [-0.2, 0) is 30.8 Å². The second-order valence-corrected chi connectivity index (χ2v) is 12.2. The van der Waals surface area contributed by atoms with Gasteiger partial charge in [0.25, 0.3) is 5.91 Å². The number of likely N-dealkylation sites (tertiary alicyclic amines) is 1. The van der Waals surface area contributed by atoms with Gasteiger partial charge in [0.1, 0.15) is 29.7 Å². The molecule has 0 bridgehead atoms. The van der Waals surface area contributed by atoms with Gasteiger partial charge in [-0.25, -0.2) is 15.0 Å². The molecule has 12 heteroatoms. The number of nitrogens with one attached hydrogen (secondary N) is 1. The van der Waals surface area contributed by atoms with Crippen molar-refractivity contribution in [2.45, 2.75) is 78.2 Å². The Bertz CT molecular complexity index is 1440. The number of nitrogens with zero attached hydrogens (tertiary/aromatic N) is 5. The number of carbonyl (C=O) groups is 2. The maximum absolute atomic E-state index is 12.4. The number of benzene rings is 1. The minimum atomic E-state index is -0.728. The fraction of sp³-hybridized carbons (Fsp3) is 0.531. The first kappa shape index (κ1) is 31.4. The van der Waals surface area contributed by atoms with E-state index in [2.05, 4.69) is 38.2 Å². The summed E-state index contributed by atoms with van der Waals surface area (Å²) in [5.41, 5.74) is 9.29. The van der Waals surface area contributed by atoms with Crippen LogP contribution in [0.25, 0.3) is 0 Å².